The van der Waals surface area contributed by atoms with Gasteiger partial charge in [-0.3, -0.25) is 4.79 Å². The number of amides is 1. The van der Waals surface area contributed by atoms with Gasteiger partial charge in [-0.1, -0.05) is 26.0 Å². The highest BCUT2D eigenvalue weighted by Gasteiger charge is 2.25. The van der Waals surface area contributed by atoms with Crippen LogP contribution in [0.15, 0.2) is 41.4 Å². The zero-order valence-corrected chi connectivity index (χ0v) is 15.9. The molecule has 0 bridgehead atoms. The third-order valence-corrected chi connectivity index (χ3v) is 6.11. The number of rotatable bonds is 7. The Morgan fingerprint density at radius 2 is 1.85 bits per heavy atom. The molecule has 0 saturated carbocycles. The highest BCUT2D eigenvalue weighted by atomic mass is 32.2. The number of carbonyl (C=O) groups excluding carboxylic acids is 1. The molecule has 0 radical (unpaired) electrons. The number of benzene rings is 1. The minimum Gasteiger partial charge on any atom is -0.347 e. The van der Waals surface area contributed by atoms with Gasteiger partial charge in [0.05, 0.1) is 11.6 Å². The smallest absolute Gasteiger partial charge is 0.268 e. The van der Waals surface area contributed by atoms with Crippen molar-refractivity contribution in [1.82, 2.24) is 14.2 Å². The highest BCUT2D eigenvalue weighted by molar-refractivity contribution is 7.89. The molecule has 2 aromatic rings. The van der Waals surface area contributed by atoms with Gasteiger partial charge in [0.25, 0.3) is 5.91 Å². The van der Waals surface area contributed by atoms with Gasteiger partial charge in [0.2, 0.25) is 10.0 Å². The molecule has 1 aromatic heterocycles. The lowest BCUT2D eigenvalue weighted by molar-refractivity contribution is 0.0942. The number of carbonyl (C=O) groups is 1. The first kappa shape index (κ1) is 19.7. The van der Waals surface area contributed by atoms with E-state index in [1.807, 2.05) is 6.07 Å². The molecule has 0 aliphatic heterocycles. The zero-order valence-electron chi connectivity index (χ0n) is 15.1. The summed E-state index contributed by atoms with van der Waals surface area (Å²) in [7, 11) is -1.97. The topological polar surface area (TPSA) is 95.2 Å². The summed E-state index contributed by atoms with van der Waals surface area (Å²) in [4.78, 5) is 12.5. The number of aryl methyl sites for hydroxylation is 1. The van der Waals surface area contributed by atoms with E-state index < -0.39 is 10.0 Å². The van der Waals surface area contributed by atoms with E-state index in [-0.39, 0.29) is 23.0 Å². The summed E-state index contributed by atoms with van der Waals surface area (Å²) in [6.45, 7) is 4.57. The minimum absolute atomic E-state index is 0.104. The number of aromatic nitrogens is 1. The van der Waals surface area contributed by atoms with Crippen LogP contribution in [0.4, 0.5) is 0 Å². The van der Waals surface area contributed by atoms with E-state index in [4.69, 9.17) is 5.26 Å². The molecular weight excluding hydrogens is 352 g/mol. The first-order chi connectivity index (χ1) is 12.3. The van der Waals surface area contributed by atoms with Crippen LogP contribution in [0.3, 0.4) is 0 Å². The van der Waals surface area contributed by atoms with E-state index in [9.17, 15) is 13.2 Å². The third-order valence-electron chi connectivity index (χ3n) is 4.09. The number of nitriles is 1. The van der Waals surface area contributed by atoms with Gasteiger partial charge in [-0.15, -0.1) is 0 Å². The quantitative estimate of drug-likeness (QED) is 0.800. The number of nitrogens with one attached hydrogen (secondary N) is 1. The molecule has 7 nitrogen and oxygen atoms in total. The van der Waals surface area contributed by atoms with Gasteiger partial charge in [0.15, 0.2) is 0 Å². The van der Waals surface area contributed by atoms with Gasteiger partial charge < -0.3 is 9.88 Å². The number of hydrogen-bond donors (Lipinski definition) is 1. The molecule has 0 fully saturated rings. The van der Waals surface area contributed by atoms with Gasteiger partial charge in [-0.2, -0.15) is 9.57 Å². The third kappa shape index (κ3) is 4.12. The maximum absolute atomic E-state index is 12.6. The van der Waals surface area contributed by atoms with E-state index in [1.165, 1.54) is 21.1 Å². The van der Waals surface area contributed by atoms with E-state index in [1.54, 1.807) is 45.2 Å². The number of sulfonamides is 1. The van der Waals surface area contributed by atoms with Crippen LogP contribution in [0.5, 0.6) is 0 Å². The fourth-order valence-corrected chi connectivity index (χ4v) is 4.11. The van der Waals surface area contributed by atoms with Crippen molar-refractivity contribution in [1.29, 1.82) is 5.26 Å². The molecule has 1 heterocycles. The second-order valence-electron chi connectivity index (χ2n) is 5.75. The van der Waals surface area contributed by atoms with Crippen LogP contribution in [-0.4, -0.2) is 36.3 Å². The molecule has 0 unspecified atom stereocenters. The van der Waals surface area contributed by atoms with Crippen molar-refractivity contribution in [3.05, 3.63) is 53.3 Å². The molecule has 8 heteroatoms. The summed E-state index contributed by atoms with van der Waals surface area (Å²) in [5.74, 6) is -0.363. The summed E-state index contributed by atoms with van der Waals surface area (Å²) in [5, 5.41) is 11.6. The van der Waals surface area contributed by atoms with Crippen molar-refractivity contribution in [3.63, 3.8) is 0 Å². The van der Waals surface area contributed by atoms with Crippen LogP contribution in [0.2, 0.25) is 0 Å². The fourth-order valence-electron chi connectivity index (χ4n) is 2.58. The Kier molecular flexibility index (Phi) is 6.18. The Balaban J connectivity index is 2.15. The van der Waals surface area contributed by atoms with Gasteiger partial charge in [-0.05, 0) is 23.8 Å². The van der Waals surface area contributed by atoms with Gasteiger partial charge in [0, 0.05) is 32.9 Å². The van der Waals surface area contributed by atoms with Crippen molar-refractivity contribution in [2.45, 2.75) is 25.3 Å². The molecular formula is C18H22N4O3S. The predicted molar refractivity (Wildman–Crippen MR) is 97.8 cm³/mol. The van der Waals surface area contributed by atoms with Crippen molar-refractivity contribution in [3.8, 4) is 6.07 Å². The fraction of sp³-hybridized carbons (Fsp3) is 0.333. The number of nitrogens with zero attached hydrogens (tertiary/aromatic N) is 3. The van der Waals surface area contributed by atoms with E-state index >= 15 is 0 Å². The van der Waals surface area contributed by atoms with Crippen molar-refractivity contribution in [2.75, 3.05) is 13.1 Å². The molecule has 1 amide bonds. The molecule has 0 aliphatic rings. The van der Waals surface area contributed by atoms with Gasteiger partial charge in [0.1, 0.15) is 10.6 Å². The summed E-state index contributed by atoms with van der Waals surface area (Å²) < 4.78 is 28.0. The van der Waals surface area contributed by atoms with Crippen LogP contribution in [0, 0.1) is 11.3 Å². The van der Waals surface area contributed by atoms with Crippen molar-refractivity contribution < 1.29 is 13.2 Å². The lowest BCUT2D eigenvalue weighted by Gasteiger charge is -2.17. The number of hydrogen-bond acceptors (Lipinski definition) is 4. The standard InChI is InChI=1S/C18H22N4O3S/c1-4-22(5-2)26(24,25)16-10-17(21(3)13-16)18(23)20-12-15-8-6-14(11-19)7-9-15/h6-10,13H,4-5,12H2,1-3H3,(H,20,23). The molecule has 1 N–H and O–H groups in total. The first-order valence-electron chi connectivity index (χ1n) is 8.27. The van der Waals surface area contributed by atoms with Crippen LogP contribution >= 0.6 is 0 Å². The molecule has 138 valence electrons. The van der Waals surface area contributed by atoms with E-state index in [0.29, 0.717) is 18.7 Å². The summed E-state index contributed by atoms with van der Waals surface area (Å²) in [5.41, 5.74) is 1.67. The maximum Gasteiger partial charge on any atom is 0.268 e. The molecule has 0 saturated heterocycles. The molecule has 0 spiro atoms. The summed E-state index contributed by atoms with van der Waals surface area (Å²) in [6.07, 6.45) is 1.45. The monoisotopic (exact) mass is 374 g/mol. The second kappa shape index (κ2) is 8.17. The average molecular weight is 374 g/mol. The molecule has 0 aliphatic carbocycles. The summed E-state index contributed by atoms with van der Waals surface area (Å²) >= 11 is 0. The second-order valence-corrected chi connectivity index (χ2v) is 7.69. The Morgan fingerprint density at radius 1 is 1.23 bits per heavy atom. The Hall–Kier alpha value is -2.63. The average Bonchev–Trinajstić information content (AvgIpc) is 3.03. The molecule has 1 aromatic carbocycles. The maximum atomic E-state index is 12.6. The van der Waals surface area contributed by atoms with Crippen molar-refractivity contribution in [2.24, 2.45) is 7.05 Å². The highest BCUT2D eigenvalue weighted by Crippen LogP contribution is 2.18. The Labute approximate surface area is 153 Å². The largest absolute Gasteiger partial charge is 0.347 e. The Bertz CT molecular complexity index is 920. The molecule has 0 atom stereocenters. The predicted octanol–water partition coefficient (Wildman–Crippen LogP) is 1.86. The molecule has 26 heavy (non-hydrogen) atoms. The van der Waals surface area contributed by atoms with Gasteiger partial charge >= 0.3 is 0 Å². The first-order valence-corrected chi connectivity index (χ1v) is 9.71. The minimum atomic E-state index is -3.61. The molecule has 2 rings (SSSR count). The van der Waals surface area contributed by atoms with Gasteiger partial charge in [-0.25, -0.2) is 8.42 Å². The normalized spacial score (nSPS) is 11.3. The Morgan fingerprint density at radius 3 is 2.38 bits per heavy atom. The van der Waals surface area contributed by atoms with Crippen molar-refractivity contribution >= 4 is 15.9 Å². The van der Waals surface area contributed by atoms with E-state index in [0.717, 1.165) is 5.56 Å². The summed E-state index contributed by atoms with van der Waals surface area (Å²) in [6, 6.07) is 10.3. The lowest BCUT2D eigenvalue weighted by atomic mass is 10.1. The zero-order chi connectivity index (χ0) is 19.3. The van der Waals surface area contributed by atoms with Crippen LogP contribution in [0.1, 0.15) is 35.5 Å². The lowest BCUT2D eigenvalue weighted by Crippen LogP contribution is -2.30. The van der Waals surface area contributed by atoms with Crippen LogP contribution in [-0.2, 0) is 23.6 Å². The SMILES string of the molecule is CCN(CC)S(=O)(=O)c1cc(C(=O)NCc2ccc(C#N)cc2)n(C)c1. The van der Waals surface area contributed by atoms with E-state index in [2.05, 4.69) is 5.32 Å². The van der Waals surface area contributed by atoms with Crippen LogP contribution in [0.25, 0.3) is 0 Å². The van der Waals surface area contributed by atoms with Crippen LogP contribution < -0.4 is 5.32 Å².